The van der Waals surface area contributed by atoms with Gasteiger partial charge in [-0.15, -0.1) is 0 Å². The van der Waals surface area contributed by atoms with Crippen LogP contribution >= 0.6 is 0 Å². The Kier molecular flexibility index (Phi) is 6.13. The highest BCUT2D eigenvalue weighted by Gasteiger charge is 2.44. The Morgan fingerprint density at radius 3 is 1.83 bits per heavy atom. The van der Waals surface area contributed by atoms with Crippen molar-refractivity contribution in [1.82, 2.24) is 0 Å². The number of hydrogen-bond donors (Lipinski definition) is 9. The Morgan fingerprint density at radius 2 is 1.20 bits per heavy atom. The molecule has 2 heterocycles. The predicted octanol–water partition coefficient (Wildman–Crippen LogP) is 3.29. The molecule has 41 heavy (non-hydrogen) atoms. The molecule has 0 unspecified atom stereocenters. The molecule has 0 saturated heterocycles. The smallest absolute Gasteiger partial charge is 0.157 e. The molecule has 0 aliphatic carbocycles. The van der Waals surface area contributed by atoms with E-state index in [9.17, 15) is 46.0 Å². The molecule has 11 heteroatoms. The summed E-state index contributed by atoms with van der Waals surface area (Å²) >= 11 is 0. The van der Waals surface area contributed by atoms with Crippen LogP contribution in [0.15, 0.2) is 60.7 Å². The Balaban J connectivity index is 1.45. The number of fused-ring (bicyclic) bond motifs is 2. The van der Waals surface area contributed by atoms with E-state index in [1.54, 1.807) is 0 Å². The van der Waals surface area contributed by atoms with Gasteiger partial charge in [-0.05, 0) is 41.5 Å². The van der Waals surface area contributed by atoms with Crippen molar-refractivity contribution in [3.8, 4) is 51.7 Å². The molecule has 0 radical (unpaired) electrons. The first-order valence-electron chi connectivity index (χ1n) is 12.7. The van der Waals surface area contributed by atoms with Crippen LogP contribution in [0.25, 0.3) is 0 Å². The lowest BCUT2D eigenvalue weighted by molar-refractivity contribution is 0.00659. The summed E-state index contributed by atoms with van der Waals surface area (Å²) in [6.07, 6.45) is -4.87. The van der Waals surface area contributed by atoms with Crippen LogP contribution in [0.3, 0.4) is 0 Å². The Bertz CT molecular complexity index is 1670. The van der Waals surface area contributed by atoms with Crippen molar-refractivity contribution < 1.29 is 55.4 Å². The fraction of sp³-hybridized carbons (Fsp3) is 0.200. The van der Waals surface area contributed by atoms with E-state index >= 15 is 0 Å². The monoisotopic (exact) mass is 562 g/mol. The van der Waals surface area contributed by atoms with E-state index in [4.69, 9.17) is 9.47 Å². The minimum atomic E-state index is -1.44. The van der Waals surface area contributed by atoms with Crippen LogP contribution in [0.5, 0.6) is 51.7 Å². The van der Waals surface area contributed by atoms with Gasteiger partial charge in [-0.1, -0.05) is 18.2 Å². The van der Waals surface area contributed by atoms with Gasteiger partial charge in [0.15, 0.2) is 29.1 Å². The minimum absolute atomic E-state index is 0.0686. The molecule has 0 fully saturated rings. The maximum atomic E-state index is 11.6. The molecule has 5 atom stereocenters. The van der Waals surface area contributed by atoms with E-state index in [2.05, 4.69) is 0 Å². The van der Waals surface area contributed by atoms with Crippen LogP contribution in [0, 0.1) is 0 Å². The molecule has 2 aliphatic heterocycles. The summed E-state index contributed by atoms with van der Waals surface area (Å²) in [5, 5.41) is 94.6. The van der Waals surface area contributed by atoms with Crippen LogP contribution in [0.4, 0.5) is 0 Å². The van der Waals surface area contributed by atoms with Gasteiger partial charge in [0.25, 0.3) is 0 Å². The fourth-order valence-corrected chi connectivity index (χ4v) is 5.59. The molecule has 2 aliphatic rings. The van der Waals surface area contributed by atoms with Gasteiger partial charge in [-0.25, -0.2) is 0 Å². The lowest BCUT2D eigenvalue weighted by Gasteiger charge is -2.39. The van der Waals surface area contributed by atoms with Crippen molar-refractivity contribution in [2.24, 2.45) is 0 Å². The van der Waals surface area contributed by atoms with Crippen LogP contribution in [0.1, 0.15) is 45.9 Å². The maximum Gasteiger partial charge on any atom is 0.157 e. The fourth-order valence-electron chi connectivity index (χ4n) is 5.59. The molecule has 9 N–H and O–H groups in total. The number of aliphatic hydroxyl groups excluding tert-OH is 2. The number of rotatable bonds is 3. The Labute approximate surface area is 232 Å². The summed E-state index contributed by atoms with van der Waals surface area (Å²) in [5.74, 6) is -3.44. The highest BCUT2D eigenvalue weighted by atomic mass is 16.5. The molecule has 11 nitrogen and oxygen atoms in total. The lowest BCUT2D eigenvalue weighted by Crippen LogP contribution is -2.35. The third-order valence-electron chi connectivity index (χ3n) is 7.60. The van der Waals surface area contributed by atoms with E-state index in [1.807, 2.05) is 0 Å². The lowest BCUT2D eigenvalue weighted by atomic mass is 9.78. The highest BCUT2D eigenvalue weighted by Crippen LogP contribution is 2.54. The molecule has 212 valence electrons. The zero-order valence-electron chi connectivity index (χ0n) is 21.2. The highest BCUT2D eigenvalue weighted by molar-refractivity contribution is 5.63. The molecule has 0 aromatic heterocycles. The molecule has 0 bridgehead atoms. The van der Waals surface area contributed by atoms with Crippen LogP contribution in [-0.4, -0.2) is 58.2 Å². The third kappa shape index (κ3) is 4.31. The Hall–Kier alpha value is -5.00. The second-order valence-corrected chi connectivity index (χ2v) is 10.2. The number of aliphatic hydroxyl groups is 2. The number of benzene rings is 4. The van der Waals surface area contributed by atoms with Crippen LogP contribution < -0.4 is 9.47 Å². The molecular weight excluding hydrogens is 536 g/mol. The zero-order valence-corrected chi connectivity index (χ0v) is 21.2. The number of phenols is 7. The maximum absolute atomic E-state index is 11.6. The second-order valence-electron chi connectivity index (χ2n) is 10.2. The van der Waals surface area contributed by atoms with Gasteiger partial charge in [-0.2, -0.15) is 0 Å². The second kappa shape index (κ2) is 9.58. The molecule has 0 saturated carbocycles. The van der Waals surface area contributed by atoms with E-state index in [-0.39, 0.29) is 51.9 Å². The summed E-state index contributed by atoms with van der Waals surface area (Å²) in [6, 6.07) is 13.3. The van der Waals surface area contributed by atoms with Crippen LogP contribution in [-0.2, 0) is 6.42 Å². The Morgan fingerprint density at radius 1 is 0.585 bits per heavy atom. The number of aromatic hydroxyl groups is 7. The van der Waals surface area contributed by atoms with E-state index in [0.717, 1.165) is 0 Å². The van der Waals surface area contributed by atoms with Gasteiger partial charge in [-0.3, -0.25) is 0 Å². The number of ether oxygens (including phenoxy) is 2. The molecule has 6 rings (SSSR count). The van der Waals surface area contributed by atoms with Crippen molar-refractivity contribution in [1.29, 1.82) is 0 Å². The first-order valence-corrected chi connectivity index (χ1v) is 12.7. The normalized spacial score (nSPS) is 23.1. The van der Waals surface area contributed by atoms with Gasteiger partial charge in [0.05, 0.1) is 6.10 Å². The quantitative estimate of drug-likeness (QED) is 0.166. The summed E-state index contributed by atoms with van der Waals surface area (Å²) in [7, 11) is 0. The summed E-state index contributed by atoms with van der Waals surface area (Å²) in [5.41, 5.74) is 1.07. The minimum Gasteiger partial charge on any atom is -0.508 e. The number of phenolic OH excluding ortho intramolecular Hbond substituents is 7. The van der Waals surface area contributed by atoms with Crippen molar-refractivity contribution >= 4 is 0 Å². The average Bonchev–Trinajstić information content (AvgIpc) is 2.93. The van der Waals surface area contributed by atoms with Gasteiger partial charge >= 0.3 is 0 Å². The topological polar surface area (TPSA) is 201 Å². The molecule has 0 spiro atoms. The van der Waals surface area contributed by atoms with Crippen molar-refractivity contribution in [3.05, 3.63) is 88.5 Å². The molecule has 0 amide bonds. The predicted molar refractivity (Wildman–Crippen MR) is 142 cm³/mol. The summed E-state index contributed by atoms with van der Waals surface area (Å²) < 4.78 is 11.9. The standard InChI is InChI=1S/C30H26O11/c31-14-3-4-15-23(9-14)41-30(13-2-6-18(33)20(35)8-13)28(39)25(15)26-21(36)11-24-16(27(26)38)10-22(37)29(40-24)12-1-5-17(32)19(34)7-12/h1-9,11,22,25,28-39H,10H2/t22-,25+,28+,29+,30-/m0/s1. The molecule has 4 aromatic carbocycles. The van der Waals surface area contributed by atoms with E-state index < -0.39 is 53.3 Å². The largest absolute Gasteiger partial charge is 0.508 e. The third-order valence-corrected chi connectivity index (χ3v) is 7.60. The van der Waals surface area contributed by atoms with Crippen molar-refractivity contribution in [2.75, 3.05) is 0 Å². The number of hydrogen-bond acceptors (Lipinski definition) is 11. The summed E-state index contributed by atoms with van der Waals surface area (Å²) in [6.45, 7) is 0. The first kappa shape index (κ1) is 26.2. The van der Waals surface area contributed by atoms with E-state index in [1.165, 1.54) is 60.7 Å². The van der Waals surface area contributed by atoms with Gasteiger partial charge in [0.2, 0.25) is 0 Å². The van der Waals surface area contributed by atoms with Crippen molar-refractivity contribution in [3.63, 3.8) is 0 Å². The van der Waals surface area contributed by atoms with Gasteiger partial charge in [0, 0.05) is 41.2 Å². The molecular formula is C30H26O11. The van der Waals surface area contributed by atoms with Crippen molar-refractivity contribution in [2.45, 2.75) is 36.8 Å². The zero-order chi connectivity index (χ0) is 29.2. The van der Waals surface area contributed by atoms with Gasteiger partial charge in [0.1, 0.15) is 41.0 Å². The molecule has 4 aromatic rings. The SMILES string of the molecule is Oc1ccc2c(c1)O[C@@H](c1ccc(O)c(O)c1)[C@H](O)[C@H]2c1c(O)cc2c(c1O)C[C@H](O)[C@@H](c1ccc(O)c(O)c1)O2. The van der Waals surface area contributed by atoms with Crippen LogP contribution in [0.2, 0.25) is 0 Å². The first-order chi connectivity index (χ1) is 19.5. The average molecular weight is 563 g/mol. The van der Waals surface area contributed by atoms with E-state index in [0.29, 0.717) is 11.1 Å². The summed E-state index contributed by atoms with van der Waals surface area (Å²) in [4.78, 5) is 0. The van der Waals surface area contributed by atoms with Gasteiger partial charge < -0.3 is 55.4 Å².